The molecule has 0 amide bonds. The Morgan fingerprint density at radius 2 is 1.63 bits per heavy atom. The van der Waals surface area contributed by atoms with E-state index in [1.54, 1.807) is 0 Å². The number of rotatable bonds is 2. The molecule has 98 valence electrons. The molecule has 1 fully saturated rings. The van der Waals surface area contributed by atoms with Gasteiger partial charge in [0.05, 0.1) is 12.7 Å². The molecule has 19 heavy (non-hydrogen) atoms. The predicted octanol–water partition coefficient (Wildman–Crippen LogP) is 3.45. The maximum Gasteiger partial charge on any atom is 0.0712 e. The molecule has 1 heterocycles. The molecule has 1 aliphatic rings. The van der Waals surface area contributed by atoms with Gasteiger partial charge in [-0.15, -0.1) is 0 Å². The zero-order chi connectivity index (χ0) is 13.2. The van der Waals surface area contributed by atoms with Crippen LogP contribution in [0.15, 0.2) is 54.6 Å². The second kappa shape index (κ2) is 5.06. The van der Waals surface area contributed by atoms with Crippen molar-refractivity contribution in [1.82, 2.24) is 4.90 Å². The van der Waals surface area contributed by atoms with Crippen molar-refractivity contribution in [3.05, 3.63) is 65.7 Å². The average Bonchev–Trinajstić information content (AvgIpc) is 2.83. The summed E-state index contributed by atoms with van der Waals surface area (Å²) in [7, 11) is 2.18. The number of anilines is 1. The molecule has 0 aliphatic carbocycles. The molecule has 0 bridgehead atoms. The second-order valence-electron chi connectivity index (χ2n) is 5.41. The molecule has 1 saturated heterocycles. The fourth-order valence-electron chi connectivity index (χ4n) is 2.77. The van der Waals surface area contributed by atoms with Gasteiger partial charge in [0, 0.05) is 12.2 Å². The molecule has 0 spiro atoms. The second-order valence-corrected chi connectivity index (χ2v) is 5.41. The van der Waals surface area contributed by atoms with E-state index in [1.807, 2.05) is 0 Å². The van der Waals surface area contributed by atoms with Crippen molar-refractivity contribution < 1.29 is 0 Å². The maximum atomic E-state index is 2.48. The van der Waals surface area contributed by atoms with Gasteiger partial charge in [-0.1, -0.05) is 48.0 Å². The van der Waals surface area contributed by atoms with Gasteiger partial charge in [0.15, 0.2) is 0 Å². The first-order chi connectivity index (χ1) is 9.24. The Morgan fingerprint density at radius 3 is 2.32 bits per heavy atom. The first kappa shape index (κ1) is 12.2. The number of benzene rings is 2. The Labute approximate surface area is 115 Å². The summed E-state index contributed by atoms with van der Waals surface area (Å²) in [4.78, 5) is 4.85. The summed E-state index contributed by atoms with van der Waals surface area (Å²) in [5.74, 6) is 0. The van der Waals surface area contributed by atoms with Crippen LogP contribution < -0.4 is 4.90 Å². The van der Waals surface area contributed by atoms with E-state index in [1.165, 1.54) is 16.8 Å². The van der Waals surface area contributed by atoms with Crippen LogP contribution in [0.3, 0.4) is 0 Å². The smallest absolute Gasteiger partial charge is 0.0712 e. The van der Waals surface area contributed by atoms with Crippen LogP contribution in [0.4, 0.5) is 5.69 Å². The molecular weight excluding hydrogens is 232 g/mol. The van der Waals surface area contributed by atoms with Crippen molar-refractivity contribution in [2.24, 2.45) is 0 Å². The Kier molecular flexibility index (Phi) is 3.26. The summed E-state index contributed by atoms with van der Waals surface area (Å²) in [6.45, 7) is 4.20. The largest absolute Gasteiger partial charge is 0.350 e. The molecule has 2 heteroatoms. The normalized spacial score (nSPS) is 19.9. The molecule has 0 saturated carbocycles. The Balaban J connectivity index is 1.92. The van der Waals surface area contributed by atoms with E-state index in [2.05, 4.69) is 78.4 Å². The average molecular weight is 252 g/mol. The fraction of sp³-hybridized carbons (Fsp3) is 0.294. The lowest BCUT2D eigenvalue weighted by Gasteiger charge is -2.26. The highest BCUT2D eigenvalue weighted by Crippen LogP contribution is 2.32. The van der Waals surface area contributed by atoms with Crippen molar-refractivity contribution in [2.75, 3.05) is 25.2 Å². The minimum atomic E-state index is 0.453. The van der Waals surface area contributed by atoms with Crippen molar-refractivity contribution >= 4 is 5.69 Å². The van der Waals surface area contributed by atoms with E-state index in [-0.39, 0.29) is 0 Å². The lowest BCUT2D eigenvalue weighted by atomic mass is 10.1. The summed E-state index contributed by atoms with van der Waals surface area (Å²) < 4.78 is 0. The summed E-state index contributed by atoms with van der Waals surface area (Å²) in [5, 5.41) is 0. The van der Waals surface area contributed by atoms with Gasteiger partial charge in [-0.2, -0.15) is 0 Å². The molecule has 2 aromatic rings. The molecule has 1 atom stereocenters. The molecule has 2 aromatic carbocycles. The minimum Gasteiger partial charge on any atom is -0.350 e. The van der Waals surface area contributed by atoms with Crippen LogP contribution in [0.5, 0.6) is 0 Å². The number of nitrogens with zero attached hydrogens (tertiary/aromatic N) is 2. The van der Waals surface area contributed by atoms with Gasteiger partial charge in [0.2, 0.25) is 0 Å². The van der Waals surface area contributed by atoms with E-state index in [0.717, 1.165) is 13.2 Å². The molecule has 0 radical (unpaired) electrons. The summed E-state index contributed by atoms with van der Waals surface area (Å²) in [6, 6.07) is 20.1. The maximum absolute atomic E-state index is 2.48. The van der Waals surface area contributed by atoms with Crippen molar-refractivity contribution in [2.45, 2.75) is 13.0 Å². The van der Waals surface area contributed by atoms with Crippen LogP contribution in [0, 0.1) is 6.92 Å². The monoisotopic (exact) mass is 252 g/mol. The van der Waals surface area contributed by atoms with Gasteiger partial charge in [-0.25, -0.2) is 0 Å². The van der Waals surface area contributed by atoms with E-state index in [9.17, 15) is 0 Å². The minimum absolute atomic E-state index is 0.453. The molecular formula is C17H20N2. The van der Waals surface area contributed by atoms with Gasteiger partial charge in [-0.05, 0) is 31.7 Å². The van der Waals surface area contributed by atoms with E-state index < -0.39 is 0 Å². The Bertz CT molecular complexity index is 533. The first-order valence-corrected chi connectivity index (χ1v) is 6.81. The molecule has 2 nitrogen and oxygen atoms in total. The fourth-order valence-corrected chi connectivity index (χ4v) is 2.77. The zero-order valence-corrected chi connectivity index (χ0v) is 11.6. The number of hydrogen-bond donors (Lipinski definition) is 0. The Morgan fingerprint density at radius 1 is 0.947 bits per heavy atom. The third kappa shape index (κ3) is 2.49. The van der Waals surface area contributed by atoms with Gasteiger partial charge in [0.25, 0.3) is 0 Å². The van der Waals surface area contributed by atoms with Crippen LogP contribution in [-0.2, 0) is 0 Å². The molecule has 0 N–H and O–H groups in total. The van der Waals surface area contributed by atoms with Crippen LogP contribution in [0.1, 0.15) is 17.2 Å². The van der Waals surface area contributed by atoms with Gasteiger partial charge >= 0.3 is 0 Å². The van der Waals surface area contributed by atoms with E-state index in [0.29, 0.717) is 6.04 Å². The summed E-state index contributed by atoms with van der Waals surface area (Å²) in [6.07, 6.45) is 0. The van der Waals surface area contributed by atoms with Gasteiger partial charge in [-0.3, -0.25) is 4.90 Å². The lowest BCUT2D eigenvalue weighted by molar-refractivity contribution is 0.411. The predicted molar refractivity (Wildman–Crippen MR) is 80.3 cm³/mol. The summed E-state index contributed by atoms with van der Waals surface area (Å²) >= 11 is 0. The number of aryl methyl sites for hydroxylation is 1. The highest BCUT2D eigenvalue weighted by Gasteiger charge is 2.29. The zero-order valence-electron chi connectivity index (χ0n) is 11.6. The number of likely N-dealkylation sites (N-methyl/N-ethyl adjacent to an activating group) is 1. The highest BCUT2D eigenvalue weighted by molar-refractivity contribution is 5.51. The highest BCUT2D eigenvalue weighted by atomic mass is 15.4. The quantitative estimate of drug-likeness (QED) is 0.807. The number of hydrogen-bond acceptors (Lipinski definition) is 2. The standard InChI is InChI=1S/C17H20N2/c1-14-8-10-16(11-9-14)19-13-18(2)12-17(19)15-6-4-3-5-7-15/h3-11,17H,12-13H2,1-2H3. The van der Waals surface area contributed by atoms with Crippen molar-refractivity contribution in [3.63, 3.8) is 0 Å². The third-order valence-corrected chi connectivity index (χ3v) is 3.80. The van der Waals surface area contributed by atoms with E-state index >= 15 is 0 Å². The molecule has 1 unspecified atom stereocenters. The molecule has 1 aliphatic heterocycles. The van der Waals surface area contributed by atoms with Crippen LogP contribution in [-0.4, -0.2) is 25.2 Å². The Hall–Kier alpha value is -1.80. The third-order valence-electron chi connectivity index (χ3n) is 3.80. The van der Waals surface area contributed by atoms with Gasteiger partial charge < -0.3 is 4.90 Å². The first-order valence-electron chi connectivity index (χ1n) is 6.81. The van der Waals surface area contributed by atoms with Gasteiger partial charge in [0.1, 0.15) is 0 Å². The molecule has 3 rings (SSSR count). The van der Waals surface area contributed by atoms with Crippen LogP contribution in [0.25, 0.3) is 0 Å². The van der Waals surface area contributed by atoms with Crippen LogP contribution >= 0.6 is 0 Å². The van der Waals surface area contributed by atoms with Crippen molar-refractivity contribution in [1.29, 1.82) is 0 Å². The van der Waals surface area contributed by atoms with E-state index in [4.69, 9.17) is 0 Å². The topological polar surface area (TPSA) is 6.48 Å². The lowest BCUT2D eigenvalue weighted by Crippen LogP contribution is -2.24. The SMILES string of the molecule is Cc1ccc(N2CN(C)CC2c2ccccc2)cc1. The molecule has 0 aromatic heterocycles. The van der Waals surface area contributed by atoms with Crippen LogP contribution in [0.2, 0.25) is 0 Å². The summed E-state index contributed by atoms with van der Waals surface area (Å²) in [5.41, 5.74) is 4.02. The van der Waals surface area contributed by atoms with Crippen molar-refractivity contribution in [3.8, 4) is 0 Å².